The Bertz CT molecular complexity index is 630. The van der Waals surface area contributed by atoms with Gasteiger partial charge in [0.15, 0.2) is 0 Å². The lowest BCUT2D eigenvalue weighted by Crippen LogP contribution is -2.40. The van der Waals surface area contributed by atoms with Crippen molar-refractivity contribution in [2.24, 2.45) is 5.41 Å². The van der Waals surface area contributed by atoms with E-state index in [-0.39, 0.29) is 0 Å². The van der Waals surface area contributed by atoms with E-state index >= 15 is 0 Å². The summed E-state index contributed by atoms with van der Waals surface area (Å²) in [6.45, 7) is 4.14. The van der Waals surface area contributed by atoms with E-state index in [9.17, 15) is 4.79 Å². The van der Waals surface area contributed by atoms with Crippen molar-refractivity contribution >= 4 is 5.91 Å². The summed E-state index contributed by atoms with van der Waals surface area (Å²) in [5.74, 6) is 1.96. The van der Waals surface area contributed by atoms with Gasteiger partial charge >= 0.3 is 0 Å². The molecule has 2 aliphatic heterocycles. The Hall–Kier alpha value is -1.49. The van der Waals surface area contributed by atoms with Crippen LogP contribution >= 0.6 is 0 Å². The molecule has 3 aliphatic rings. The molecule has 0 bridgehead atoms. The summed E-state index contributed by atoms with van der Waals surface area (Å²) < 4.78 is 0. The molecule has 1 spiro atoms. The van der Waals surface area contributed by atoms with Crippen molar-refractivity contribution in [3.63, 3.8) is 0 Å². The van der Waals surface area contributed by atoms with Crippen molar-refractivity contribution in [1.29, 1.82) is 0 Å². The van der Waals surface area contributed by atoms with Gasteiger partial charge in [0.25, 0.3) is 0 Å². The summed E-state index contributed by atoms with van der Waals surface area (Å²) in [4.78, 5) is 25.9. The lowest BCUT2D eigenvalue weighted by Gasteiger charge is -2.41. The third-order valence-electron chi connectivity index (χ3n) is 7.29. The molecule has 1 saturated carbocycles. The van der Waals surface area contributed by atoms with Gasteiger partial charge < -0.3 is 4.90 Å². The van der Waals surface area contributed by atoms with Crippen LogP contribution in [0.25, 0.3) is 0 Å². The molecule has 0 aromatic carbocycles. The summed E-state index contributed by atoms with van der Waals surface area (Å²) in [5, 5.41) is 0. The average molecular weight is 371 g/mol. The van der Waals surface area contributed by atoms with Gasteiger partial charge in [-0.25, -0.2) is 9.97 Å². The zero-order valence-electron chi connectivity index (χ0n) is 16.8. The quantitative estimate of drug-likeness (QED) is 0.813. The molecule has 5 heteroatoms. The summed E-state index contributed by atoms with van der Waals surface area (Å²) in [6, 6.07) is 0. The topological polar surface area (TPSA) is 49.3 Å². The molecule has 5 nitrogen and oxygen atoms in total. The predicted octanol–water partition coefficient (Wildman–Crippen LogP) is 3.75. The molecule has 1 aromatic rings. The van der Waals surface area contributed by atoms with E-state index in [1.165, 1.54) is 56.9 Å². The summed E-state index contributed by atoms with van der Waals surface area (Å²) in [6.07, 6.45) is 16.1. The standard InChI is InChI=1S/C22H34N4O/c1-25-12-9-22(8-7-20(25)27)10-13-26(14-11-22)17-18-15-23-21(24-16-18)19-5-3-2-4-6-19/h15-16,19H,2-14,17H2,1H3. The Labute approximate surface area is 163 Å². The molecule has 0 unspecified atom stereocenters. The van der Waals surface area contributed by atoms with Crippen molar-refractivity contribution in [2.45, 2.75) is 76.7 Å². The number of carbonyl (C=O) groups excluding carboxylic acids is 1. The molecule has 1 aliphatic carbocycles. The van der Waals surface area contributed by atoms with Crippen LogP contribution in [0.5, 0.6) is 0 Å². The van der Waals surface area contributed by atoms with Crippen molar-refractivity contribution in [3.05, 3.63) is 23.8 Å². The normalized spacial score (nSPS) is 24.9. The zero-order chi connectivity index (χ0) is 18.7. The van der Waals surface area contributed by atoms with E-state index < -0.39 is 0 Å². The van der Waals surface area contributed by atoms with Gasteiger partial charge in [-0.05, 0) is 57.0 Å². The van der Waals surface area contributed by atoms with Crippen molar-refractivity contribution in [2.75, 3.05) is 26.7 Å². The fourth-order valence-electron chi connectivity index (χ4n) is 5.18. The fourth-order valence-corrected chi connectivity index (χ4v) is 5.18. The van der Waals surface area contributed by atoms with Crippen LogP contribution in [0.2, 0.25) is 0 Å². The second-order valence-corrected chi connectivity index (χ2v) is 9.13. The van der Waals surface area contributed by atoms with Gasteiger partial charge in [0.1, 0.15) is 5.82 Å². The summed E-state index contributed by atoms with van der Waals surface area (Å²) in [7, 11) is 1.95. The molecule has 0 atom stereocenters. The third kappa shape index (κ3) is 4.50. The Morgan fingerprint density at radius 2 is 1.67 bits per heavy atom. The smallest absolute Gasteiger partial charge is 0.222 e. The first-order valence-corrected chi connectivity index (χ1v) is 10.9. The molecule has 27 heavy (non-hydrogen) atoms. The Morgan fingerprint density at radius 3 is 2.37 bits per heavy atom. The Balaban J connectivity index is 1.29. The van der Waals surface area contributed by atoms with Crippen LogP contribution in [0.3, 0.4) is 0 Å². The zero-order valence-corrected chi connectivity index (χ0v) is 16.8. The fraction of sp³-hybridized carbons (Fsp3) is 0.773. The minimum atomic E-state index is 0.324. The second kappa shape index (κ2) is 8.26. The number of rotatable bonds is 3. The molecule has 4 rings (SSSR count). The minimum absolute atomic E-state index is 0.324. The first-order valence-electron chi connectivity index (χ1n) is 10.9. The lowest BCUT2D eigenvalue weighted by atomic mass is 9.73. The summed E-state index contributed by atoms with van der Waals surface area (Å²) in [5.41, 5.74) is 1.62. The predicted molar refractivity (Wildman–Crippen MR) is 106 cm³/mol. The molecule has 1 amide bonds. The van der Waals surface area contributed by atoms with Gasteiger partial charge in [0.2, 0.25) is 5.91 Å². The molecule has 148 valence electrons. The number of likely N-dealkylation sites (tertiary alicyclic amines) is 2. The molecular formula is C22H34N4O. The SMILES string of the molecule is CN1CCC2(CCC1=O)CCN(Cc1cnc(C3CCCCC3)nc1)CC2. The van der Waals surface area contributed by atoms with E-state index in [2.05, 4.69) is 17.3 Å². The number of aromatic nitrogens is 2. The van der Waals surface area contributed by atoms with E-state index in [0.29, 0.717) is 17.2 Å². The van der Waals surface area contributed by atoms with Crippen LogP contribution in [-0.2, 0) is 11.3 Å². The van der Waals surface area contributed by atoms with Crippen LogP contribution in [0.4, 0.5) is 0 Å². The highest BCUT2D eigenvalue weighted by Crippen LogP contribution is 2.41. The summed E-state index contributed by atoms with van der Waals surface area (Å²) >= 11 is 0. The molecule has 1 aromatic heterocycles. The molecule has 3 heterocycles. The van der Waals surface area contributed by atoms with Gasteiger partial charge in [0.05, 0.1) is 0 Å². The van der Waals surface area contributed by atoms with E-state index in [1.54, 1.807) is 0 Å². The molecule has 0 radical (unpaired) electrons. The number of nitrogens with zero attached hydrogens (tertiary/aromatic N) is 4. The first-order chi connectivity index (χ1) is 13.1. The van der Waals surface area contributed by atoms with Gasteiger partial charge in [-0.15, -0.1) is 0 Å². The lowest BCUT2D eigenvalue weighted by molar-refractivity contribution is -0.129. The van der Waals surface area contributed by atoms with Crippen molar-refractivity contribution in [3.8, 4) is 0 Å². The highest BCUT2D eigenvalue weighted by Gasteiger charge is 2.37. The van der Waals surface area contributed by atoms with Crippen LogP contribution in [0, 0.1) is 5.41 Å². The first kappa shape index (κ1) is 18.9. The van der Waals surface area contributed by atoms with Crippen LogP contribution in [0.15, 0.2) is 12.4 Å². The van der Waals surface area contributed by atoms with E-state index in [0.717, 1.165) is 44.8 Å². The van der Waals surface area contributed by atoms with E-state index in [4.69, 9.17) is 9.97 Å². The number of piperidine rings is 1. The second-order valence-electron chi connectivity index (χ2n) is 9.13. The third-order valence-corrected chi connectivity index (χ3v) is 7.29. The maximum Gasteiger partial charge on any atom is 0.222 e. The number of amides is 1. The molecular weight excluding hydrogens is 336 g/mol. The Kier molecular flexibility index (Phi) is 5.76. The maximum absolute atomic E-state index is 12.0. The van der Waals surface area contributed by atoms with Gasteiger partial charge in [-0.1, -0.05) is 19.3 Å². The number of carbonyl (C=O) groups is 1. The monoisotopic (exact) mass is 370 g/mol. The minimum Gasteiger partial charge on any atom is -0.346 e. The number of hydrogen-bond donors (Lipinski definition) is 0. The highest BCUT2D eigenvalue weighted by molar-refractivity contribution is 5.76. The average Bonchev–Trinajstić information content (AvgIpc) is 2.85. The largest absolute Gasteiger partial charge is 0.346 e. The van der Waals surface area contributed by atoms with Crippen molar-refractivity contribution < 1.29 is 4.79 Å². The van der Waals surface area contributed by atoms with Crippen LogP contribution < -0.4 is 0 Å². The maximum atomic E-state index is 12.0. The van der Waals surface area contributed by atoms with E-state index in [1.807, 2.05) is 11.9 Å². The van der Waals surface area contributed by atoms with Crippen molar-refractivity contribution in [1.82, 2.24) is 19.8 Å². The highest BCUT2D eigenvalue weighted by atomic mass is 16.2. The molecule has 0 N–H and O–H groups in total. The number of hydrogen-bond acceptors (Lipinski definition) is 4. The van der Waals surface area contributed by atoms with Crippen LogP contribution in [0.1, 0.15) is 81.5 Å². The Morgan fingerprint density at radius 1 is 1.00 bits per heavy atom. The van der Waals surface area contributed by atoms with Gasteiger partial charge in [-0.2, -0.15) is 0 Å². The molecule has 2 saturated heterocycles. The van der Waals surface area contributed by atoms with Gasteiger partial charge in [0, 0.05) is 50.4 Å². The molecule has 3 fully saturated rings. The van der Waals surface area contributed by atoms with Crippen LogP contribution in [-0.4, -0.2) is 52.4 Å². The van der Waals surface area contributed by atoms with Gasteiger partial charge in [-0.3, -0.25) is 9.69 Å².